The number of hydrogen-bond donors (Lipinski definition) is 1. The van der Waals surface area contributed by atoms with Crippen molar-refractivity contribution in [3.63, 3.8) is 0 Å². The van der Waals surface area contributed by atoms with E-state index in [-0.39, 0.29) is 17.6 Å². The summed E-state index contributed by atoms with van der Waals surface area (Å²) in [5, 5.41) is 0. The summed E-state index contributed by atoms with van der Waals surface area (Å²) >= 11 is 0. The summed E-state index contributed by atoms with van der Waals surface area (Å²) in [5.41, 5.74) is 6.23. The van der Waals surface area contributed by atoms with E-state index in [4.69, 9.17) is 10.5 Å². The van der Waals surface area contributed by atoms with Crippen molar-refractivity contribution in [2.75, 3.05) is 7.11 Å². The first-order valence-corrected chi connectivity index (χ1v) is 4.39. The minimum Gasteiger partial charge on any atom is -0.494 e. The zero-order chi connectivity index (χ0) is 10.6. The van der Waals surface area contributed by atoms with Gasteiger partial charge in [-0.15, -0.1) is 6.58 Å². The number of rotatable bonds is 4. The van der Waals surface area contributed by atoms with Gasteiger partial charge in [-0.05, 0) is 12.5 Å². The van der Waals surface area contributed by atoms with Gasteiger partial charge in [0.05, 0.1) is 7.11 Å². The van der Waals surface area contributed by atoms with E-state index in [9.17, 15) is 4.39 Å². The summed E-state index contributed by atoms with van der Waals surface area (Å²) < 4.78 is 18.5. The fourth-order valence-electron chi connectivity index (χ4n) is 1.28. The minimum atomic E-state index is -0.385. The van der Waals surface area contributed by atoms with Gasteiger partial charge in [-0.25, -0.2) is 4.39 Å². The van der Waals surface area contributed by atoms with Crippen molar-refractivity contribution in [3.8, 4) is 5.75 Å². The van der Waals surface area contributed by atoms with Gasteiger partial charge in [0.25, 0.3) is 0 Å². The molecule has 0 spiro atoms. The Labute approximate surface area is 83.2 Å². The maximum atomic E-state index is 13.6. The van der Waals surface area contributed by atoms with Gasteiger partial charge in [0.2, 0.25) is 0 Å². The van der Waals surface area contributed by atoms with Crippen LogP contribution >= 0.6 is 0 Å². The predicted molar refractivity (Wildman–Crippen MR) is 54.7 cm³/mol. The maximum Gasteiger partial charge on any atom is 0.169 e. The summed E-state index contributed by atoms with van der Waals surface area (Å²) in [6.45, 7) is 3.56. The molecule has 0 aliphatic rings. The van der Waals surface area contributed by atoms with Crippen LogP contribution in [0.15, 0.2) is 30.9 Å². The molecule has 0 bridgehead atoms. The second kappa shape index (κ2) is 4.77. The van der Waals surface area contributed by atoms with Gasteiger partial charge in [-0.2, -0.15) is 0 Å². The van der Waals surface area contributed by atoms with Crippen LogP contribution in [0.5, 0.6) is 5.75 Å². The molecule has 2 nitrogen and oxygen atoms in total. The third-order valence-corrected chi connectivity index (χ3v) is 2.03. The molecule has 0 aliphatic carbocycles. The van der Waals surface area contributed by atoms with Crippen LogP contribution in [0, 0.1) is 5.82 Å². The summed E-state index contributed by atoms with van der Waals surface area (Å²) in [7, 11) is 1.43. The highest BCUT2D eigenvalue weighted by Gasteiger charge is 2.13. The first-order valence-electron chi connectivity index (χ1n) is 4.39. The largest absolute Gasteiger partial charge is 0.494 e. The number of halogens is 1. The van der Waals surface area contributed by atoms with E-state index < -0.39 is 0 Å². The average Bonchev–Trinajstić information content (AvgIpc) is 2.18. The topological polar surface area (TPSA) is 35.2 Å². The molecule has 1 aromatic carbocycles. The van der Waals surface area contributed by atoms with E-state index in [0.717, 1.165) is 0 Å². The van der Waals surface area contributed by atoms with Gasteiger partial charge < -0.3 is 10.5 Å². The highest BCUT2D eigenvalue weighted by atomic mass is 19.1. The molecule has 1 unspecified atom stereocenters. The van der Waals surface area contributed by atoms with Crippen LogP contribution < -0.4 is 10.5 Å². The minimum absolute atomic E-state index is 0.224. The van der Waals surface area contributed by atoms with Crippen molar-refractivity contribution < 1.29 is 9.13 Å². The molecule has 1 aromatic rings. The lowest BCUT2D eigenvalue weighted by atomic mass is 10.0. The third kappa shape index (κ3) is 2.12. The van der Waals surface area contributed by atoms with Crippen LogP contribution in [-0.2, 0) is 0 Å². The molecule has 0 radical (unpaired) electrons. The zero-order valence-electron chi connectivity index (χ0n) is 8.16. The molecule has 0 amide bonds. The van der Waals surface area contributed by atoms with Crippen LogP contribution in [0.1, 0.15) is 18.0 Å². The Morgan fingerprint density at radius 2 is 2.36 bits per heavy atom. The molecule has 1 atom stereocenters. The SMILES string of the molecule is C=CCC(N)c1cccc(OC)c1F. The van der Waals surface area contributed by atoms with Gasteiger partial charge in [0, 0.05) is 11.6 Å². The van der Waals surface area contributed by atoms with Crippen molar-refractivity contribution >= 4 is 0 Å². The molecule has 2 N–H and O–H groups in total. The van der Waals surface area contributed by atoms with E-state index in [0.29, 0.717) is 12.0 Å². The predicted octanol–water partition coefficient (Wildman–Crippen LogP) is 2.41. The normalized spacial score (nSPS) is 12.2. The lowest BCUT2D eigenvalue weighted by Crippen LogP contribution is -2.11. The summed E-state index contributed by atoms with van der Waals surface area (Å²) in [6, 6.07) is 4.59. The molecule has 0 saturated carbocycles. The van der Waals surface area contributed by atoms with Crippen LogP contribution in [0.3, 0.4) is 0 Å². The number of methoxy groups -OCH3 is 1. The molecular formula is C11H14FNO. The van der Waals surface area contributed by atoms with E-state index in [2.05, 4.69) is 6.58 Å². The Kier molecular flexibility index (Phi) is 3.65. The fourth-order valence-corrected chi connectivity index (χ4v) is 1.28. The molecule has 0 fully saturated rings. The van der Waals surface area contributed by atoms with Gasteiger partial charge in [-0.1, -0.05) is 18.2 Å². The Morgan fingerprint density at radius 1 is 1.64 bits per heavy atom. The fraction of sp³-hybridized carbons (Fsp3) is 0.273. The van der Waals surface area contributed by atoms with E-state index in [1.807, 2.05) is 0 Å². The van der Waals surface area contributed by atoms with Gasteiger partial charge in [-0.3, -0.25) is 0 Å². The van der Waals surface area contributed by atoms with Crippen molar-refractivity contribution in [2.45, 2.75) is 12.5 Å². The van der Waals surface area contributed by atoms with Crippen LogP contribution in [0.25, 0.3) is 0 Å². The summed E-state index contributed by atoms with van der Waals surface area (Å²) in [4.78, 5) is 0. The Balaban J connectivity index is 3.02. The van der Waals surface area contributed by atoms with E-state index in [1.54, 1.807) is 24.3 Å². The zero-order valence-corrected chi connectivity index (χ0v) is 8.16. The molecule has 1 rings (SSSR count). The third-order valence-electron chi connectivity index (χ3n) is 2.03. The first kappa shape index (κ1) is 10.7. The molecule has 0 heterocycles. The van der Waals surface area contributed by atoms with Gasteiger partial charge in [0.15, 0.2) is 11.6 Å². The molecule has 0 saturated heterocycles. The Hall–Kier alpha value is -1.35. The van der Waals surface area contributed by atoms with Crippen LogP contribution in [0.4, 0.5) is 4.39 Å². The molecule has 76 valence electrons. The van der Waals surface area contributed by atoms with Crippen LogP contribution in [0.2, 0.25) is 0 Å². The second-order valence-corrected chi connectivity index (χ2v) is 2.99. The lowest BCUT2D eigenvalue weighted by molar-refractivity contribution is 0.382. The van der Waals surface area contributed by atoms with Crippen molar-refractivity contribution in [3.05, 3.63) is 42.2 Å². The van der Waals surface area contributed by atoms with Gasteiger partial charge >= 0.3 is 0 Å². The highest BCUT2D eigenvalue weighted by Crippen LogP contribution is 2.25. The van der Waals surface area contributed by atoms with Crippen molar-refractivity contribution in [1.29, 1.82) is 0 Å². The lowest BCUT2D eigenvalue weighted by Gasteiger charge is -2.12. The number of benzene rings is 1. The maximum absolute atomic E-state index is 13.6. The Bertz CT molecular complexity index is 325. The molecule has 3 heteroatoms. The van der Waals surface area contributed by atoms with Crippen LogP contribution in [-0.4, -0.2) is 7.11 Å². The summed E-state index contributed by atoms with van der Waals surface area (Å²) in [5.74, 6) is -0.161. The molecule has 0 aromatic heterocycles. The first-order chi connectivity index (χ1) is 6.70. The monoisotopic (exact) mass is 195 g/mol. The van der Waals surface area contributed by atoms with Crippen molar-refractivity contribution in [1.82, 2.24) is 0 Å². The number of ether oxygens (including phenoxy) is 1. The molecular weight excluding hydrogens is 181 g/mol. The number of nitrogens with two attached hydrogens (primary N) is 1. The quantitative estimate of drug-likeness (QED) is 0.749. The van der Waals surface area contributed by atoms with E-state index in [1.165, 1.54) is 7.11 Å². The average molecular weight is 195 g/mol. The molecule has 14 heavy (non-hydrogen) atoms. The van der Waals surface area contributed by atoms with Crippen molar-refractivity contribution in [2.24, 2.45) is 5.73 Å². The summed E-state index contributed by atoms with van der Waals surface area (Å²) in [6.07, 6.45) is 2.22. The standard InChI is InChI=1S/C11H14FNO/c1-3-5-9(13)8-6-4-7-10(14-2)11(8)12/h3-4,6-7,9H,1,5,13H2,2H3. The highest BCUT2D eigenvalue weighted by molar-refractivity contribution is 5.33. The Morgan fingerprint density at radius 3 is 2.93 bits per heavy atom. The second-order valence-electron chi connectivity index (χ2n) is 2.99. The smallest absolute Gasteiger partial charge is 0.169 e. The van der Waals surface area contributed by atoms with E-state index >= 15 is 0 Å². The molecule has 0 aliphatic heterocycles. The number of hydrogen-bond acceptors (Lipinski definition) is 2. The van der Waals surface area contributed by atoms with Gasteiger partial charge in [0.1, 0.15) is 0 Å².